The number of methoxy groups -OCH3 is 1. The number of amides is 2. The number of carbonyl (C=O) groups excluding carboxylic acids is 1. The Labute approximate surface area is 269 Å². The van der Waals surface area contributed by atoms with Crippen molar-refractivity contribution in [1.29, 1.82) is 0 Å². The zero-order valence-corrected chi connectivity index (χ0v) is 26.9. The fourth-order valence-corrected chi connectivity index (χ4v) is 4.97. The fourth-order valence-electron chi connectivity index (χ4n) is 4.97. The van der Waals surface area contributed by atoms with Gasteiger partial charge in [-0.15, -0.1) is 0 Å². The molecule has 0 saturated carbocycles. The van der Waals surface area contributed by atoms with Gasteiger partial charge >= 0.3 is 6.03 Å². The Morgan fingerprint density at radius 1 is 0.935 bits per heavy atom. The first-order valence-corrected chi connectivity index (χ1v) is 15.3. The van der Waals surface area contributed by atoms with Gasteiger partial charge < -0.3 is 14.8 Å². The number of hydrogen-bond acceptors (Lipinski definition) is 6. The van der Waals surface area contributed by atoms with E-state index in [4.69, 9.17) is 14.6 Å². The molecule has 0 aliphatic carbocycles. The van der Waals surface area contributed by atoms with Gasteiger partial charge in [0.25, 0.3) is 5.56 Å². The van der Waals surface area contributed by atoms with Gasteiger partial charge in [-0.3, -0.25) is 14.7 Å². The molecule has 10 heteroatoms. The quantitative estimate of drug-likeness (QED) is 0.181. The molecule has 2 heterocycles. The maximum Gasteiger partial charge on any atom is 0.320 e. The van der Waals surface area contributed by atoms with E-state index in [1.807, 2.05) is 91.9 Å². The Kier molecular flexibility index (Phi) is 9.85. The van der Waals surface area contributed by atoms with E-state index in [-0.39, 0.29) is 30.2 Å². The highest BCUT2D eigenvalue weighted by atomic mass is 16.5. The molecular weight excluding hydrogens is 580 g/mol. The van der Waals surface area contributed by atoms with Crippen molar-refractivity contribution in [3.8, 4) is 17.3 Å². The summed E-state index contributed by atoms with van der Waals surface area (Å²) >= 11 is 0. The van der Waals surface area contributed by atoms with Crippen molar-refractivity contribution in [2.24, 2.45) is 0 Å². The van der Waals surface area contributed by atoms with Crippen LogP contribution in [0.5, 0.6) is 11.6 Å². The first-order chi connectivity index (χ1) is 22.2. The highest BCUT2D eigenvalue weighted by molar-refractivity contribution is 5.88. The number of hydrogen-bond donors (Lipinski definition) is 2. The van der Waals surface area contributed by atoms with Crippen molar-refractivity contribution in [2.75, 3.05) is 12.4 Å². The molecule has 0 radical (unpaired) electrons. The number of aromatic nitrogens is 4. The minimum Gasteiger partial charge on any atom is -0.497 e. The molecule has 238 valence electrons. The van der Waals surface area contributed by atoms with Crippen LogP contribution < -0.4 is 25.7 Å². The van der Waals surface area contributed by atoms with E-state index < -0.39 is 0 Å². The second kappa shape index (κ2) is 14.2. The number of carbonyl (C=O) groups is 1. The Bertz CT molecular complexity index is 1860. The summed E-state index contributed by atoms with van der Waals surface area (Å²) in [4.78, 5) is 30.8. The second-order valence-electron chi connectivity index (χ2n) is 11.9. The zero-order chi connectivity index (χ0) is 32.7. The van der Waals surface area contributed by atoms with Gasteiger partial charge in [0, 0.05) is 24.1 Å². The van der Waals surface area contributed by atoms with E-state index in [0.29, 0.717) is 36.0 Å². The third-order valence-electron chi connectivity index (χ3n) is 7.58. The van der Waals surface area contributed by atoms with Crippen LogP contribution >= 0.6 is 0 Å². The van der Waals surface area contributed by atoms with Gasteiger partial charge in [0.2, 0.25) is 5.88 Å². The maximum atomic E-state index is 13.2. The number of ether oxygens (including phenoxy) is 2. The second-order valence-corrected chi connectivity index (χ2v) is 11.9. The van der Waals surface area contributed by atoms with Gasteiger partial charge in [-0.2, -0.15) is 5.10 Å². The lowest BCUT2D eigenvalue weighted by atomic mass is 9.92. The van der Waals surface area contributed by atoms with E-state index in [1.165, 1.54) is 6.33 Å². The summed E-state index contributed by atoms with van der Waals surface area (Å²) in [6.45, 7) is 9.03. The van der Waals surface area contributed by atoms with E-state index in [2.05, 4.69) is 36.4 Å². The number of nitrogens with zero attached hydrogens (tertiary/aromatic N) is 4. The summed E-state index contributed by atoms with van der Waals surface area (Å²) in [6, 6.07) is 26.5. The third-order valence-corrected chi connectivity index (χ3v) is 7.58. The molecule has 0 atom stereocenters. The summed E-state index contributed by atoms with van der Waals surface area (Å²) in [7, 11) is 1.61. The molecule has 10 nitrogen and oxygen atoms in total. The monoisotopic (exact) mass is 620 g/mol. The molecule has 0 aliphatic heterocycles. The minimum atomic E-state index is -0.378. The fraction of sp³-hybridized carbons (Fsp3) is 0.278. The normalized spacial score (nSPS) is 11.2. The summed E-state index contributed by atoms with van der Waals surface area (Å²) in [5.41, 5.74) is 4.55. The predicted octanol–water partition coefficient (Wildman–Crippen LogP) is 6.25. The van der Waals surface area contributed by atoms with Crippen LogP contribution in [0.2, 0.25) is 0 Å². The summed E-state index contributed by atoms with van der Waals surface area (Å²) < 4.78 is 14.8. The molecule has 0 spiro atoms. The van der Waals surface area contributed by atoms with Crippen molar-refractivity contribution in [3.05, 3.63) is 130 Å². The Morgan fingerprint density at radius 3 is 2.39 bits per heavy atom. The molecule has 2 N–H and O–H groups in total. The lowest BCUT2D eigenvalue weighted by Gasteiger charge is -2.15. The van der Waals surface area contributed by atoms with Gasteiger partial charge in [-0.05, 0) is 35.2 Å². The Morgan fingerprint density at radius 2 is 1.67 bits per heavy atom. The van der Waals surface area contributed by atoms with Crippen LogP contribution in [0, 0.1) is 0 Å². The van der Waals surface area contributed by atoms with Crippen LogP contribution in [0.3, 0.4) is 0 Å². The van der Waals surface area contributed by atoms with E-state index in [0.717, 1.165) is 28.1 Å². The molecule has 46 heavy (non-hydrogen) atoms. The van der Waals surface area contributed by atoms with Crippen molar-refractivity contribution < 1.29 is 14.3 Å². The highest BCUT2D eigenvalue weighted by Gasteiger charge is 2.22. The molecule has 5 aromatic rings. The van der Waals surface area contributed by atoms with Gasteiger partial charge in [0.05, 0.1) is 30.6 Å². The molecule has 3 aromatic carbocycles. The van der Waals surface area contributed by atoms with Gasteiger partial charge in [-0.25, -0.2) is 14.5 Å². The smallest absolute Gasteiger partial charge is 0.320 e. The highest BCUT2D eigenvalue weighted by Crippen LogP contribution is 2.27. The zero-order valence-electron chi connectivity index (χ0n) is 26.9. The number of nitrogens with one attached hydrogen (secondary N) is 2. The first kappa shape index (κ1) is 32.0. The number of urea groups is 1. The number of benzene rings is 3. The van der Waals surface area contributed by atoms with Crippen molar-refractivity contribution in [3.63, 3.8) is 0 Å². The number of anilines is 1. The molecular formula is C36H40N6O4. The van der Waals surface area contributed by atoms with Crippen LogP contribution in [-0.2, 0) is 31.5 Å². The lowest BCUT2D eigenvalue weighted by Crippen LogP contribution is -2.29. The summed E-state index contributed by atoms with van der Waals surface area (Å²) in [6.07, 6.45) is 2.02. The number of rotatable bonds is 11. The summed E-state index contributed by atoms with van der Waals surface area (Å²) in [5.74, 6) is 1.54. The lowest BCUT2D eigenvalue weighted by molar-refractivity contribution is 0.251. The van der Waals surface area contributed by atoms with Crippen LogP contribution in [0.15, 0.2) is 96.1 Å². The van der Waals surface area contributed by atoms with Crippen LogP contribution in [0.4, 0.5) is 10.6 Å². The van der Waals surface area contributed by atoms with Crippen molar-refractivity contribution in [1.82, 2.24) is 24.6 Å². The topological polar surface area (TPSA) is 112 Å². The van der Waals surface area contributed by atoms with Crippen molar-refractivity contribution in [2.45, 2.75) is 59.2 Å². The first-order valence-electron chi connectivity index (χ1n) is 15.3. The largest absolute Gasteiger partial charge is 0.497 e. The van der Waals surface area contributed by atoms with Gasteiger partial charge in [0.15, 0.2) is 0 Å². The average Bonchev–Trinajstić information content (AvgIpc) is 3.49. The minimum absolute atomic E-state index is 0.120. The van der Waals surface area contributed by atoms with E-state index >= 15 is 0 Å². The van der Waals surface area contributed by atoms with Crippen molar-refractivity contribution >= 4 is 11.8 Å². The standard InChI is InChI=1S/C36H40N6O4/c1-6-30-33(38-24-41(34(30)43)22-25-13-8-7-9-14-25)46-23-27-16-11-10-15-26(27)21-37-35(44)39-32-20-31(36(2,3)4)40-42(32)28-17-12-18-29(19-28)45-5/h7-20,24H,6,21-23H2,1-5H3,(H2,37,39,44). The van der Waals surface area contributed by atoms with E-state index in [9.17, 15) is 9.59 Å². The molecule has 2 aromatic heterocycles. The summed E-state index contributed by atoms with van der Waals surface area (Å²) in [5, 5.41) is 10.7. The molecule has 0 aliphatic rings. The average molecular weight is 621 g/mol. The van der Waals surface area contributed by atoms with Crippen LogP contribution in [0.1, 0.15) is 55.6 Å². The maximum absolute atomic E-state index is 13.2. The molecule has 5 rings (SSSR count). The Balaban J connectivity index is 1.27. The SMILES string of the molecule is CCc1c(OCc2ccccc2CNC(=O)Nc2cc(C(C)(C)C)nn2-c2cccc(OC)c2)ncn(Cc2ccccc2)c1=O. The molecule has 0 unspecified atom stereocenters. The molecule has 0 bridgehead atoms. The molecule has 0 saturated heterocycles. The van der Waals surface area contributed by atoms with Gasteiger partial charge in [0.1, 0.15) is 24.5 Å². The molecule has 2 amide bonds. The molecule has 0 fully saturated rings. The predicted molar refractivity (Wildman–Crippen MR) is 179 cm³/mol. The third kappa shape index (κ3) is 7.63. The van der Waals surface area contributed by atoms with E-state index in [1.54, 1.807) is 16.4 Å². The van der Waals surface area contributed by atoms with Crippen LogP contribution in [0.25, 0.3) is 5.69 Å². The Hall–Kier alpha value is -5.38. The van der Waals surface area contributed by atoms with Crippen LogP contribution in [-0.4, -0.2) is 32.5 Å². The van der Waals surface area contributed by atoms with Gasteiger partial charge in [-0.1, -0.05) is 88.4 Å².